The van der Waals surface area contributed by atoms with Crippen LogP contribution in [0.25, 0.3) is 0 Å². The van der Waals surface area contributed by atoms with E-state index in [4.69, 9.17) is 4.74 Å². The van der Waals surface area contributed by atoms with Crippen LogP contribution < -0.4 is 0 Å². The molecule has 0 radical (unpaired) electrons. The third kappa shape index (κ3) is 5.13. The predicted octanol–water partition coefficient (Wildman–Crippen LogP) is 3.34. The van der Waals surface area contributed by atoms with Crippen LogP contribution in [0.3, 0.4) is 0 Å². The van der Waals surface area contributed by atoms with Gasteiger partial charge in [-0.3, -0.25) is 14.9 Å². The largest absolute Gasteiger partial charge is 0.452 e. The highest BCUT2D eigenvalue weighted by Crippen LogP contribution is 2.20. The lowest BCUT2D eigenvalue weighted by atomic mass is 10.1. The summed E-state index contributed by atoms with van der Waals surface area (Å²) in [6.45, 7) is 5.53. The number of rotatable bonds is 6. The summed E-state index contributed by atoms with van der Waals surface area (Å²) >= 11 is 0. The average Bonchev–Trinajstić information content (AvgIpc) is 2.61. The summed E-state index contributed by atoms with van der Waals surface area (Å²) in [6, 6.07) is 10.0. The van der Waals surface area contributed by atoms with E-state index in [2.05, 4.69) is 0 Å². The van der Waals surface area contributed by atoms with Crippen LogP contribution in [0.1, 0.15) is 32.6 Å². The Morgan fingerprint density at radius 1 is 1.07 bits per heavy atom. The van der Waals surface area contributed by atoms with E-state index in [9.17, 15) is 19.7 Å². The minimum absolute atomic E-state index is 0.0390. The number of amides is 1. The van der Waals surface area contributed by atoms with E-state index in [0.29, 0.717) is 12.1 Å². The average molecular weight is 370 g/mol. The lowest BCUT2D eigenvalue weighted by Gasteiger charge is -2.18. The summed E-state index contributed by atoms with van der Waals surface area (Å²) in [5.41, 5.74) is 3.56. The first kappa shape index (κ1) is 20.1. The zero-order valence-corrected chi connectivity index (χ0v) is 15.8. The van der Waals surface area contributed by atoms with Crippen LogP contribution in [0.4, 0.5) is 5.69 Å². The quantitative estimate of drug-likeness (QED) is 0.442. The summed E-state index contributed by atoms with van der Waals surface area (Å²) < 4.78 is 5.02. The van der Waals surface area contributed by atoms with Gasteiger partial charge in [-0.15, -0.1) is 0 Å². The van der Waals surface area contributed by atoms with Crippen LogP contribution in [-0.2, 0) is 16.1 Å². The highest BCUT2D eigenvalue weighted by molar-refractivity contribution is 5.92. The Hall–Kier alpha value is -3.22. The molecule has 0 atom stereocenters. The van der Waals surface area contributed by atoms with Crippen molar-refractivity contribution in [3.8, 4) is 0 Å². The molecule has 2 aromatic rings. The number of carbonyl (C=O) groups excluding carboxylic acids is 2. The fourth-order valence-electron chi connectivity index (χ4n) is 2.62. The molecule has 0 saturated heterocycles. The lowest BCUT2D eigenvalue weighted by molar-refractivity contribution is -0.385. The number of esters is 1. The van der Waals surface area contributed by atoms with E-state index in [1.807, 2.05) is 32.0 Å². The monoisotopic (exact) mass is 370 g/mol. The number of aryl methyl sites for hydroxylation is 3. The van der Waals surface area contributed by atoms with Gasteiger partial charge in [-0.2, -0.15) is 0 Å². The van der Waals surface area contributed by atoms with Crippen molar-refractivity contribution < 1.29 is 19.2 Å². The van der Waals surface area contributed by atoms with Gasteiger partial charge in [0.15, 0.2) is 6.61 Å². The molecule has 0 unspecified atom stereocenters. The smallest absolute Gasteiger partial charge is 0.338 e. The maximum Gasteiger partial charge on any atom is 0.338 e. The molecule has 7 nitrogen and oxygen atoms in total. The normalized spacial score (nSPS) is 10.4. The van der Waals surface area contributed by atoms with Crippen molar-refractivity contribution in [2.45, 2.75) is 27.3 Å². The van der Waals surface area contributed by atoms with E-state index >= 15 is 0 Å². The molecular formula is C20H22N2O5. The van der Waals surface area contributed by atoms with Crippen molar-refractivity contribution in [2.24, 2.45) is 0 Å². The second-order valence-electron chi connectivity index (χ2n) is 6.51. The minimum atomic E-state index is -0.772. The third-order valence-corrected chi connectivity index (χ3v) is 4.30. The molecule has 2 rings (SSSR count). The van der Waals surface area contributed by atoms with E-state index < -0.39 is 17.5 Å². The molecule has 0 heterocycles. The van der Waals surface area contributed by atoms with Gasteiger partial charge in [0.05, 0.1) is 10.5 Å². The van der Waals surface area contributed by atoms with Gasteiger partial charge in [-0.05, 0) is 38.0 Å². The molecule has 0 bridgehead atoms. The van der Waals surface area contributed by atoms with E-state index in [1.54, 1.807) is 14.0 Å². The minimum Gasteiger partial charge on any atom is -0.452 e. The van der Waals surface area contributed by atoms with Crippen LogP contribution in [0.15, 0.2) is 36.4 Å². The molecule has 0 saturated carbocycles. The molecule has 0 aliphatic rings. The topological polar surface area (TPSA) is 89.8 Å². The molecule has 2 aromatic carbocycles. The first-order valence-electron chi connectivity index (χ1n) is 8.41. The summed E-state index contributed by atoms with van der Waals surface area (Å²) in [5, 5.41) is 11.0. The molecule has 142 valence electrons. The molecule has 0 aromatic heterocycles. The van der Waals surface area contributed by atoms with Gasteiger partial charge in [-0.1, -0.05) is 29.8 Å². The summed E-state index contributed by atoms with van der Waals surface area (Å²) in [6.07, 6.45) is 0. The molecule has 7 heteroatoms. The fourth-order valence-corrected chi connectivity index (χ4v) is 2.62. The standard InChI is InChI=1S/C20H22N2O5/c1-13-5-7-17(15(3)9-13)11-21(4)19(23)12-27-20(24)16-8-6-14(2)18(10-16)22(25)26/h5-10H,11-12H2,1-4H3. The van der Waals surface area contributed by atoms with Gasteiger partial charge < -0.3 is 9.64 Å². The Bertz CT molecular complexity index is 892. The summed E-state index contributed by atoms with van der Waals surface area (Å²) in [5.74, 6) is -1.13. The highest BCUT2D eigenvalue weighted by Gasteiger charge is 2.18. The maximum atomic E-state index is 12.2. The second-order valence-corrected chi connectivity index (χ2v) is 6.51. The van der Waals surface area contributed by atoms with Crippen LogP contribution in [0.2, 0.25) is 0 Å². The summed E-state index contributed by atoms with van der Waals surface area (Å²) in [7, 11) is 1.63. The predicted molar refractivity (Wildman–Crippen MR) is 101 cm³/mol. The molecule has 0 aliphatic heterocycles. The van der Waals surface area contributed by atoms with Gasteiger partial charge in [0.2, 0.25) is 0 Å². The highest BCUT2D eigenvalue weighted by atomic mass is 16.6. The molecule has 0 aliphatic carbocycles. The SMILES string of the molecule is Cc1ccc(CN(C)C(=O)COC(=O)c2ccc(C)c([N+](=O)[O-])c2)c(C)c1. The van der Waals surface area contributed by atoms with Gasteiger partial charge >= 0.3 is 5.97 Å². The number of carbonyl (C=O) groups is 2. The van der Waals surface area contributed by atoms with Crippen LogP contribution in [0, 0.1) is 30.9 Å². The number of hydrogen-bond donors (Lipinski definition) is 0. The first-order valence-corrected chi connectivity index (χ1v) is 8.41. The lowest BCUT2D eigenvalue weighted by Crippen LogP contribution is -2.31. The van der Waals surface area contributed by atoms with E-state index in [1.165, 1.54) is 17.0 Å². The van der Waals surface area contributed by atoms with Gasteiger partial charge in [-0.25, -0.2) is 4.79 Å². The van der Waals surface area contributed by atoms with E-state index in [-0.39, 0.29) is 17.2 Å². The Balaban J connectivity index is 1.97. The van der Waals surface area contributed by atoms with Crippen LogP contribution in [0.5, 0.6) is 0 Å². The maximum absolute atomic E-state index is 12.2. The first-order chi connectivity index (χ1) is 12.7. The van der Waals surface area contributed by atoms with Crippen LogP contribution in [-0.4, -0.2) is 35.4 Å². The van der Waals surface area contributed by atoms with Crippen molar-refractivity contribution in [3.05, 3.63) is 74.3 Å². The number of likely N-dealkylation sites (N-methyl/N-ethyl adjacent to an activating group) is 1. The molecule has 27 heavy (non-hydrogen) atoms. The Labute approximate surface area is 157 Å². The van der Waals surface area contributed by atoms with Crippen molar-refractivity contribution >= 4 is 17.6 Å². The fraction of sp³-hybridized carbons (Fsp3) is 0.300. The number of benzene rings is 2. The number of nitro benzene ring substituents is 1. The molecule has 0 N–H and O–H groups in total. The molecular weight excluding hydrogens is 348 g/mol. The van der Waals surface area contributed by atoms with Gasteiger partial charge in [0.1, 0.15) is 0 Å². The molecule has 0 fully saturated rings. The summed E-state index contributed by atoms with van der Waals surface area (Å²) in [4.78, 5) is 36.2. The van der Waals surface area contributed by atoms with Gasteiger partial charge in [0, 0.05) is 25.2 Å². The number of ether oxygens (including phenoxy) is 1. The third-order valence-electron chi connectivity index (χ3n) is 4.30. The van der Waals surface area contributed by atoms with E-state index in [0.717, 1.165) is 22.8 Å². The zero-order valence-electron chi connectivity index (χ0n) is 15.8. The van der Waals surface area contributed by atoms with Crippen molar-refractivity contribution in [3.63, 3.8) is 0 Å². The zero-order chi connectivity index (χ0) is 20.1. The molecule has 1 amide bonds. The van der Waals surface area contributed by atoms with Crippen molar-refractivity contribution in [1.29, 1.82) is 0 Å². The number of nitrogens with zero attached hydrogens (tertiary/aromatic N) is 2. The van der Waals surface area contributed by atoms with Crippen molar-refractivity contribution in [2.75, 3.05) is 13.7 Å². The van der Waals surface area contributed by atoms with Gasteiger partial charge in [0.25, 0.3) is 11.6 Å². The number of hydrogen-bond acceptors (Lipinski definition) is 5. The Morgan fingerprint density at radius 2 is 1.78 bits per heavy atom. The van der Waals surface area contributed by atoms with Crippen molar-refractivity contribution in [1.82, 2.24) is 4.90 Å². The second kappa shape index (κ2) is 8.44. The number of nitro groups is 1. The molecule has 0 spiro atoms. The Kier molecular flexibility index (Phi) is 6.28. The Morgan fingerprint density at radius 3 is 2.41 bits per heavy atom. The van der Waals surface area contributed by atoms with Crippen LogP contribution >= 0.6 is 0 Å².